The molecular weight excluding hydrogens is 781 g/mol. The molecule has 0 amide bonds. The van der Waals surface area contributed by atoms with Gasteiger partial charge in [0.25, 0.3) is 0 Å². The van der Waals surface area contributed by atoms with Gasteiger partial charge >= 0.3 is 35.6 Å². The number of anilines is 3. The van der Waals surface area contributed by atoms with E-state index in [4.69, 9.17) is 0 Å². The monoisotopic (exact) mass is 817 g/mol. The van der Waals surface area contributed by atoms with E-state index in [1.807, 2.05) is 109 Å². The Morgan fingerprint density at radius 2 is 0.500 bits per heavy atom. The molecule has 52 heavy (non-hydrogen) atoms. The van der Waals surface area contributed by atoms with E-state index in [2.05, 4.69) is 16.0 Å². The number of para-hydroxylation sites is 3. The Kier molecular flexibility index (Phi) is 17.4. The van der Waals surface area contributed by atoms with Crippen LogP contribution in [0.5, 0.6) is 0 Å². The fourth-order valence-corrected chi connectivity index (χ4v) is 4.87. The van der Waals surface area contributed by atoms with Crippen molar-refractivity contribution in [3.63, 3.8) is 0 Å². The van der Waals surface area contributed by atoms with Gasteiger partial charge in [-0.15, -0.1) is 0 Å². The third-order valence-corrected chi connectivity index (χ3v) is 7.36. The molecule has 258 valence electrons. The van der Waals surface area contributed by atoms with E-state index in [1.54, 1.807) is 72.8 Å². The van der Waals surface area contributed by atoms with Gasteiger partial charge < -0.3 is 45.7 Å². The van der Waals surface area contributed by atoms with E-state index in [-0.39, 0.29) is 35.6 Å². The summed E-state index contributed by atoms with van der Waals surface area (Å²) in [4.78, 5) is 33.4. The topological polar surface area (TPSA) is 156 Å². The van der Waals surface area contributed by atoms with Crippen molar-refractivity contribution in [2.45, 2.75) is 18.1 Å². The van der Waals surface area contributed by atoms with E-state index in [0.717, 1.165) is 17.1 Å². The van der Waals surface area contributed by atoms with Crippen molar-refractivity contribution in [3.05, 3.63) is 199 Å². The summed E-state index contributed by atoms with van der Waals surface area (Å²) in [5.41, 5.74) is 4.30. The van der Waals surface area contributed by atoms with E-state index >= 15 is 0 Å². The molecule has 0 bridgehead atoms. The van der Waals surface area contributed by atoms with Crippen LogP contribution in [0.25, 0.3) is 0 Å². The largest absolute Gasteiger partial charge is 3.00 e. The van der Waals surface area contributed by atoms with Gasteiger partial charge in [-0.05, 0) is 53.1 Å². The molecule has 0 aliphatic heterocycles. The molecule has 0 aromatic heterocycles. The molecule has 0 spiro atoms. The molecule has 6 aromatic rings. The number of nitrogens with one attached hydrogen (secondary N) is 3. The average molecular weight is 818 g/mol. The van der Waals surface area contributed by atoms with Gasteiger partial charge in [0.15, 0.2) is 0 Å². The van der Waals surface area contributed by atoms with Gasteiger partial charge in [0.05, 0.1) is 36.0 Å². The van der Waals surface area contributed by atoms with Gasteiger partial charge in [0.2, 0.25) is 0 Å². The van der Waals surface area contributed by atoms with Gasteiger partial charge in [0, 0.05) is 17.1 Å². The molecule has 6 rings (SSSR count). The second-order valence-electron chi connectivity index (χ2n) is 11.0. The Morgan fingerprint density at radius 3 is 0.673 bits per heavy atom. The molecule has 0 radical (unpaired) electrons. The minimum atomic E-state index is -1.14. The maximum absolute atomic E-state index is 11.1. The minimum absolute atomic E-state index is 0. The number of carboxylic acid groups (broad SMARTS) is 3. The number of aliphatic carboxylic acids is 3. The van der Waals surface area contributed by atoms with Gasteiger partial charge in [-0.1, -0.05) is 146 Å². The smallest absolute Gasteiger partial charge is 0.548 e. The number of carboxylic acids is 3. The number of benzene rings is 6. The van der Waals surface area contributed by atoms with Crippen LogP contribution in [-0.2, 0) is 14.4 Å². The second-order valence-corrected chi connectivity index (χ2v) is 11.0. The van der Waals surface area contributed by atoms with Crippen LogP contribution in [0.3, 0.4) is 0 Å². The standard InChI is InChI=1S/3C14H13NO2.La/c3*16-14(17)13(11-7-3-1-4-8-11)15-12-9-5-2-6-10-12;/h3*1-10,13,15H,(H,16,17);/q;;;+3/p-3. The molecule has 0 aliphatic carbocycles. The summed E-state index contributed by atoms with van der Waals surface area (Å²) in [7, 11) is 0. The number of carbonyl (C=O) groups excluding carboxylic acids is 3. The van der Waals surface area contributed by atoms with Crippen LogP contribution in [0.4, 0.5) is 17.1 Å². The summed E-state index contributed by atoms with van der Waals surface area (Å²) >= 11 is 0. The molecule has 0 saturated heterocycles. The zero-order chi connectivity index (χ0) is 36.3. The Balaban J connectivity index is 0.000000208. The molecule has 0 saturated carbocycles. The predicted molar refractivity (Wildman–Crippen MR) is 193 cm³/mol. The molecule has 9 nitrogen and oxygen atoms in total. The van der Waals surface area contributed by atoms with Crippen LogP contribution in [0.2, 0.25) is 0 Å². The molecule has 6 aromatic carbocycles. The number of hydrogen-bond donors (Lipinski definition) is 3. The van der Waals surface area contributed by atoms with Crippen LogP contribution >= 0.6 is 0 Å². The maximum Gasteiger partial charge on any atom is 3.00 e. The summed E-state index contributed by atoms with van der Waals surface area (Å²) in [6.45, 7) is 0. The number of hydrogen-bond acceptors (Lipinski definition) is 9. The normalized spacial score (nSPS) is 11.5. The zero-order valence-corrected chi connectivity index (χ0v) is 31.7. The molecule has 0 fully saturated rings. The predicted octanol–water partition coefficient (Wildman–Crippen LogP) is 4.77. The van der Waals surface area contributed by atoms with Crippen molar-refractivity contribution in [3.8, 4) is 0 Å². The number of carbonyl (C=O) groups is 3. The fourth-order valence-electron chi connectivity index (χ4n) is 4.87. The Bertz CT molecular complexity index is 1680. The van der Waals surface area contributed by atoms with Crippen LogP contribution < -0.4 is 31.3 Å². The SMILES string of the molecule is O=C([O-])C(Nc1ccccc1)c1ccccc1.O=C([O-])C(Nc1ccccc1)c1ccccc1.O=C([O-])C(Nc1ccccc1)c1ccccc1.[La+3]. The van der Waals surface area contributed by atoms with Crippen molar-refractivity contribution >= 4 is 35.0 Å². The molecule has 3 unspecified atom stereocenters. The summed E-state index contributed by atoms with van der Waals surface area (Å²) in [6.07, 6.45) is 0. The van der Waals surface area contributed by atoms with Crippen molar-refractivity contribution in [2.75, 3.05) is 16.0 Å². The first-order valence-electron chi connectivity index (χ1n) is 16.0. The van der Waals surface area contributed by atoms with Gasteiger partial charge in [-0.3, -0.25) is 0 Å². The van der Waals surface area contributed by atoms with Crippen LogP contribution in [0.15, 0.2) is 182 Å². The molecule has 0 aliphatic rings. The van der Waals surface area contributed by atoms with Crippen molar-refractivity contribution in [1.29, 1.82) is 0 Å². The van der Waals surface area contributed by atoms with Crippen molar-refractivity contribution < 1.29 is 65.3 Å². The first-order chi connectivity index (χ1) is 24.8. The van der Waals surface area contributed by atoms with Crippen LogP contribution in [-0.4, -0.2) is 17.9 Å². The third kappa shape index (κ3) is 13.6. The zero-order valence-electron chi connectivity index (χ0n) is 28.1. The molecule has 10 heteroatoms. The first kappa shape index (κ1) is 40.8. The van der Waals surface area contributed by atoms with Crippen molar-refractivity contribution in [1.82, 2.24) is 0 Å². The minimum Gasteiger partial charge on any atom is -0.548 e. The van der Waals surface area contributed by atoms with E-state index < -0.39 is 36.0 Å². The van der Waals surface area contributed by atoms with Gasteiger partial charge in [-0.25, -0.2) is 0 Å². The van der Waals surface area contributed by atoms with Gasteiger partial charge in [0.1, 0.15) is 0 Å². The van der Waals surface area contributed by atoms with Gasteiger partial charge in [-0.2, -0.15) is 0 Å². The Morgan fingerprint density at radius 1 is 0.327 bits per heavy atom. The van der Waals surface area contributed by atoms with E-state index in [0.29, 0.717) is 16.7 Å². The fraction of sp³-hybridized carbons (Fsp3) is 0.0714. The molecule has 0 heterocycles. The quantitative estimate of drug-likeness (QED) is 0.158. The second kappa shape index (κ2) is 22.2. The first-order valence-corrected chi connectivity index (χ1v) is 16.0. The Hall–Kier alpha value is -5.68. The third-order valence-electron chi connectivity index (χ3n) is 7.36. The molecule has 3 atom stereocenters. The molecular formula is C42H36LaN3O6. The van der Waals surface area contributed by atoms with E-state index in [9.17, 15) is 29.7 Å². The van der Waals surface area contributed by atoms with Crippen LogP contribution in [0, 0.1) is 35.6 Å². The summed E-state index contributed by atoms with van der Waals surface area (Å²) in [6, 6.07) is 52.0. The summed E-state index contributed by atoms with van der Waals surface area (Å²) in [5.74, 6) is -3.42. The average Bonchev–Trinajstić information content (AvgIpc) is 3.17. The van der Waals surface area contributed by atoms with E-state index in [1.165, 1.54) is 0 Å². The Labute approximate surface area is 331 Å². The summed E-state index contributed by atoms with van der Waals surface area (Å²) in [5, 5.41) is 42.2. The van der Waals surface area contributed by atoms with Crippen LogP contribution in [0.1, 0.15) is 34.8 Å². The maximum atomic E-state index is 11.1. The van der Waals surface area contributed by atoms with Crippen molar-refractivity contribution in [2.24, 2.45) is 0 Å². The summed E-state index contributed by atoms with van der Waals surface area (Å²) < 4.78 is 0. The number of rotatable bonds is 12. The molecule has 3 N–H and O–H groups in total.